The van der Waals surface area contributed by atoms with E-state index < -0.39 is 16.9 Å². The standard InChI is InChI=1S/C21H20N4O4/c26-20-19(13-15-3-7-17(8-4-15)23-11-1-2-12-23)22-21(27)24(20)14-16-5-9-18(10-6-16)25(28)29/h3-10,13H,1-2,11-12,14H2,(H,22,27)/b19-13+. The van der Waals surface area contributed by atoms with E-state index in [0.717, 1.165) is 29.2 Å². The van der Waals surface area contributed by atoms with Crippen LogP contribution in [-0.4, -0.2) is 34.9 Å². The van der Waals surface area contributed by atoms with Crippen molar-refractivity contribution in [2.24, 2.45) is 0 Å². The summed E-state index contributed by atoms with van der Waals surface area (Å²) in [4.78, 5) is 38.5. The molecule has 0 aromatic heterocycles. The molecule has 2 aliphatic rings. The summed E-state index contributed by atoms with van der Waals surface area (Å²) in [5.41, 5.74) is 2.80. The maximum Gasteiger partial charge on any atom is 0.329 e. The van der Waals surface area contributed by atoms with E-state index in [2.05, 4.69) is 10.2 Å². The first kappa shape index (κ1) is 18.7. The first-order chi connectivity index (χ1) is 14.0. The van der Waals surface area contributed by atoms with Crippen molar-refractivity contribution in [3.05, 3.63) is 75.5 Å². The number of rotatable bonds is 5. The molecule has 0 spiro atoms. The Morgan fingerprint density at radius 3 is 2.28 bits per heavy atom. The number of anilines is 1. The highest BCUT2D eigenvalue weighted by molar-refractivity contribution is 6.13. The van der Waals surface area contributed by atoms with Gasteiger partial charge in [0.1, 0.15) is 5.70 Å². The van der Waals surface area contributed by atoms with Gasteiger partial charge in [0.25, 0.3) is 11.6 Å². The molecule has 0 aliphatic carbocycles. The van der Waals surface area contributed by atoms with Gasteiger partial charge in [0.2, 0.25) is 0 Å². The second-order valence-corrected chi connectivity index (χ2v) is 7.09. The average Bonchev–Trinajstić information content (AvgIpc) is 3.34. The molecule has 0 unspecified atom stereocenters. The second kappa shape index (κ2) is 7.75. The van der Waals surface area contributed by atoms with Gasteiger partial charge in [-0.25, -0.2) is 4.79 Å². The van der Waals surface area contributed by atoms with E-state index >= 15 is 0 Å². The van der Waals surface area contributed by atoms with Crippen molar-refractivity contribution < 1.29 is 14.5 Å². The highest BCUT2D eigenvalue weighted by atomic mass is 16.6. The van der Waals surface area contributed by atoms with Crippen LogP contribution >= 0.6 is 0 Å². The zero-order valence-electron chi connectivity index (χ0n) is 15.7. The Bertz CT molecular complexity index is 977. The fourth-order valence-corrected chi connectivity index (χ4v) is 3.54. The van der Waals surface area contributed by atoms with E-state index in [-0.39, 0.29) is 17.9 Å². The minimum Gasteiger partial charge on any atom is -0.372 e. The first-order valence-corrected chi connectivity index (χ1v) is 9.44. The number of hydrogen-bond donors (Lipinski definition) is 1. The lowest BCUT2D eigenvalue weighted by molar-refractivity contribution is -0.384. The molecule has 0 bridgehead atoms. The molecule has 8 heteroatoms. The molecule has 8 nitrogen and oxygen atoms in total. The van der Waals surface area contributed by atoms with Gasteiger partial charge in [-0.1, -0.05) is 24.3 Å². The lowest BCUT2D eigenvalue weighted by Gasteiger charge is -2.17. The number of nitro groups is 1. The second-order valence-electron chi connectivity index (χ2n) is 7.09. The molecule has 0 atom stereocenters. The predicted molar refractivity (Wildman–Crippen MR) is 108 cm³/mol. The maximum absolute atomic E-state index is 12.6. The Balaban J connectivity index is 1.46. The Morgan fingerprint density at radius 2 is 1.66 bits per heavy atom. The topological polar surface area (TPSA) is 95.8 Å². The number of amides is 3. The van der Waals surface area contributed by atoms with Crippen molar-refractivity contribution in [2.45, 2.75) is 19.4 Å². The molecule has 0 saturated carbocycles. The third kappa shape index (κ3) is 3.96. The number of imide groups is 1. The van der Waals surface area contributed by atoms with Crippen LogP contribution in [0.1, 0.15) is 24.0 Å². The molecule has 29 heavy (non-hydrogen) atoms. The SMILES string of the molecule is O=C1N/C(=C/c2ccc(N3CCCC3)cc2)C(=O)N1Cc1ccc([N+](=O)[O-])cc1. The number of nitro benzene ring substituents is 1. The molecule has 2 heterocycles. The Morgan fingerprint density at radius 1 is 1.00 bits per heavy atom. The minimum absolute atomic E-state index is 0.0380. The smallest absolute Gasteiger partial charge is 0.329 e. The number of non-ortho nitro benzene ring substituents is 1. The van der Waals surface area contributed by atoms with Gasteiger partial charge in [-0.3, -0.25) is 19.8 Å². The van der Waals surface area contributed by atoms with E-state index in [1.165, 1.54) is 37.1 Å². The highest BCUT2D eigenvalue weighted by Gasteiger charge is 2.33. The predicted octanol–water partition coefficient (Wildman–Crippen LogP) is 3.29. The van der Waals surface area contributed by atoms with E-state index in [9.17, 15) is 19.7 Å². The van der Waals surface area contributed by atoms with Crippen molar-refractivity contribution in [3.8, 4) is 0 Å². The fraction of sp³-hybridized carbons (Fsp3) is 0.238. The summed E-state index contributed by atoms with van der Waals surface area (Å²) in [5.74, 6) is -0.419. The van der Waals surface area contributed by atoms with Crippen molar-refractivity contribution in [1.29, 1.82) is 0 Å². The minimum atomic E-state index is -0.506. The van der Waals surface area contributed by atoms with Crippen LogP contribution in [0.25, 0.3) is 6.08 Å². The molecular formula is C21H20N4O4. The molecule has 2 fully saturated rings. The third-order valence-electron chi connectivity index (χ3n) is 5.13. The van der Waals surface area contributed by atoms with Crippen LogP contribution in [-0.2, 0) is 11.3 Å². The van der Waals surface area contributed by atoms with Crippen LogP contribution in [0.2, 0.25) is 0 Å². The number of benzene rings is 2. The highest BCUT2D eigenvalue weighted by Crippen LogP contribution is 2.23. The van der Waals surface area contributed by atoms with Gasteiger partial charge in [0.05, 0.1) is 11.5 Å². The van der Waals surface area contributed by atoms with Crippen molar-refractivity contribution in [3.63, 3.8) is 0 Å². The van der Waals surface area contributed by atoms with E-state index in [1.807, 2.05) is 24.3 Å². The number of hydrogen-bond acceptors (Lipinski definition) is 5. The summed E-state index contributed by atoms with van der Waals surface area (Å²) >= 11 is 0. The summed E-state index contributed by atoms with van der Waals surface area (Å²) < 4.78 is 0. The lowest BCUT2D eigenvalue weighted by Crippen LogP contribution is -2.30. The molecule has 3 amide bonds. The molecular weight excluding hydrogens is 372 g/mol. The average molecular weight is 392 g/mol. The van der Waals surface area contributed by atoms with Crippen LogP contribution in [0, 0.1) is 10.1 Å². The van der Waals surface area contributed by atoms with E-state index in [1.54, 1.807) is 6.08 Å². The summed E-state index contributed by atoms with van der Waals surface area (Å²) in [6.07, 6.45) is 4.07. The Hall–Kier alpha value is -3.68. The molecule has 2 saturated heterocycles. The Kier molecular flexibility index (Phi) is 4.99. The van der Waals surface area contributed by atoms with Crippen LogP contribution < -0.4 is 10.2 Å². The van der Waals surface area contributed by atoms with Gasteiger partial charge in [0.15, 0.2) is 0 Å². The summed E-state index contributed by atoms with van der Waals surface area (Å²) in [7, 11) is 0. The number of urea groups is 1. The van der Waals surface area contributed by atoms with Gasteiger partial charge in [-0.05, 0) is 42.2 Å². The maximum atomic E-state index is 12.6. The number of nitrogens with one attached hydrogen (secondary N) is 1. The summed E-state index contributed by atoms with van der Waals surface area (Å²) in [6.45, 7) is 2.17. The number of carbonyl (C=O) groups excluding carboxylic acids is 2. The summed E-state index contributed by atoms with van der Waals surface area (Å²) in [6, 6.07) is 13.2. The van der Waals surface area contributed by atoms with Crippen LogP contribution in [0.15, 0.2) is 54.2 Å². The first-order valence-electron chi connectivity index (χ1n) is 9.44. The largest absolute Gasteiger partial charge is 0.372 e. The quantitative estimate of drug-likeness (QED) is 0.365. The fourth-order valence-electron chi connectivity index (χ4n) is 3.54. The normalized spacial score (nSPS) is 17.9. The molecule has 2 aromatic carbocycles. The van der Waals surface area contributed by atoms with Crippen molar-refractivity contribution in [1.82, 2.24) is 10.2 Å². The van der Waals surface area contributed by atoms with Gasteiger partial charge < -0.3 is 10.2 Å². The number of carbonyl (C=O) groups is 2. The zero-order chi connectivity index (χ0) is 20.4. The Labute approximate surface area is 167 Å². The van der Waals surface area contributed by atoms with Crippen LogP contribution in [0.3, 0.4) is 0 Å². The summed E-state index contributed by atoms with van der Waals surface area (Å²) in [5, 5.41) is 13.3. The van der Waals surface area contributed by atoms with E-state index in [4.69, 9.17) is 0 Å². The van der Waals surface area contributed by atoms with Gasteiger partial charge in [-0.15, -0.1) is 0 Å². The molecule has 1 N–H and O–H groups in total. The van der Waals surface area contributed by atoms with Crippen LogP contribution in [0.4, 0.5) is 16.2 Å². The molecule has 0 radical (unpaired) electrons. The van der Waals surface area contributed by atoms with Gasteiger partial charge in [-0.2, -0.15) is 0 Å². The molecule has 148 valence electrons. The molecule has 2 aliphatic heterocycles. The van der Waals surface area contributed by atoms with E-state index in [0.29, 0.717) is 5.56 Å². The molecule has 2 aromatic rings. The lowest BCUT2D eigenvalue weighted by atomic mass is 10.1. The van der Waals surface area contributed by atoms with Crippen molar-refractivity contribution in [2.75, 3.05) is 18.0 Å². The van der Waals surface area contributed by atoms with Gasteiger partial charge in [0, 0.05) is 30.9 Å². The third-order valence-corrected chi connectivity index (χ3v) is 5.13. The van der Waals surface area contributed by atoms with Gasteiger partial charge >= 0.3 is 6.03 Å². The van der Waals surface area contributed by atoms with Crippen LogP contribution in [0.5, 0.6) is 0 Å². The van der Waals surface area contributed by atoms with Crippen molar-refractivity contribution >= 4 is 29.4 Å². The number of nitrogens with zero attached hydrogens (tertiary/aromatic N) is 3. The monoisotopic (exact) mass is 392 g/mol. The molecule has 4 rings (SSSR count). The zero-order valence-corrected chi connectivity index (χ0v) is 15.7.